The van der Waals surface area contributed by atoms with Crippen molar-refractivity contribution < 1.29 is 19.5 Å². The molecule has 0 heterocycles. The van der Waals surface area contributed by atoms with Crippen LogP contribution in [0.5, 0.6) is 0 Å². The number of aliphatic carboxylic acids is 1. The van der Waals surface area contributed by atoms with Crippen LogP contribution in [0.1, 0.15) is 40.5 Å². The van der Waals surface area contributed by atoms with E-state index in [0.29, 0.717) is 24.9 Å². The highest BCUT2D eigenvalue weighted by Crippen LogP contribution is 2.06. The third kappa shape index (κ3) is 10.3. The van der Waals surface area contributed by atoms with E-state index in [2.05, 4.69) is 38.0 Å². The number of amides is 2. The summed E-state index contributed by atoms with van der Waals surface area (Å²) in [6.07, 6.45) is 1.81. The number of rotatable bonds is 9. The molecule has 0 fully saturated rings. The zero-order chi connectivity index (χ0) is 14.8. The molecule has 0 aromatic rings. The van der Waals surface area contributed by atoms with E-state index in [1.54, 1.807) is 4.90 Å². The van der Waals surface area contributed by atoms with Crippen LogP contribution in [0.2, 0.25) is 0 Å². The van der Waals surface area contributed by atoms with E-state index in [4.69, 9.17) is 5.11 Å². The Labute approximate surface area is 115 Å². The van der Waals surface area contributed by atoms with Gasteiger partial charge in [-0.15, -0.1) is 0 Å². The molecule has 0 radical (unpaired) electrons. The molecule has 6 heteroatoms. The number of hydrogen-bond acceptors (Lipinski definition) is 3. The van der Waals surface area contributed by atoms with E-state index in [1.807, 2.05) is 0 Å². The zero-order valence-corrected chi connectivity index (χ0v) is 12.3. The number of carbonyl (C=O) groups excluding carboxylic acids is 1. The molecule has 0 aliphatic heterocycles. The van der Waals surface area contributed by atoms with Gasteiger partial charge in [0.05, 0.1) is 0 Å². The fourth-order valence-electron chi connectivity index (χ4n) is 1.37. The summed E-state index contributed by atoms with van der Waals surface area (Å²) in [6.45, 7) is 9.14. The molecule has 112 valence electrons. The number of nitrogens with one attached hydrogen (secondary N) is 1. The molecule has 19 heavy (non-hydrogen) atoms. The van der Waals surface area contributed by atoms with E-state index in [1.165, 1.54) is 0 Å². The van der Waals surface area contributed by atoms with E-state index in [9.17, 15) is 9.59 Å². The fraction of sp³-hybridized carbons (Fsp3) is 0.846. The number of urea groups is 1. The summed E-state index contributed by atoms with van der Waals surface area (Å²) in [7, 11) is 0. The Morgan fingerprint density at radius 3 is 1.95 bits per heavy atom. The first kappa shape index (κ1) is 17.7. The first-order valence-electron chi connectivity index (χ1n) is 6.71. The first-order chi connectivity index (χ1) is 8.82. The van der Waals surface area contributed by atoms with Gasteiger partial charge in [-0.2, -0.15) is 0 Å². The Kier molecular flexibility index (Phi) is 8.95. The van der Waals surface area contributed by atoms with Crippen LogP contribution in [0.4, 0.5) is 4.79 Å². The average molecular weight is 274 g/mol. The van der Waals surface area contributed by atoms with Gasteiger partial charge in [0.25, 0.3) is 0 Å². The molecule has 0 atom stereocenters. The number of carboxylic acid groups (broad SMARTS) is 1. The third-order valence-electron chi connectivity index (χ3n) is 2.60. The van der Waals surface area contributed by atoms with Crippen molar-refractivity contribution in [1.29, 1.82) is 0 Å². The number of carbonyl (C=O) groups is 2. The predicted molar refractivity (Wildman–Crippen MR) is 72.6 cm³/mol. The maximum Gasteiger partial charge on any atom is 0.341 e. The lowest BCUT2D eigenvalue weighted by Crippen LogP contribution is -2.42. The van der Waals surface area contributed by atoms with Crippen molar-refractivity contribution in [2.75, 3.05) is 19.7 Å². The molecule has 2 N–H and O–H groups in total. The highest BCUT2D eigenvalue weighted by molar-refractivity contribution is 5.73. The number of nitrogens with zero attached hydrogens (tertiary/aromatic N) is 1. The van der Waals surface area contributed by atoms with Crippen molar-refractivity contribution >= 4 is 12.0 Å². The summed E-state index contributed by atoms with van der Waals surface area (Å²) >= 11 is 0. The van der Waals surface area contributed by atoms with Crippen LogP contribution in [0.15, 0.2) is 0 Å². The first-order valence-corrected chi connectivity index (χ1v) is 6.71. The monoisotopic (exact) mass is 274 g/mol. The maximum absolute atomic E-state index is 11.8. The molecule has 0 saturated carbocycles. The largest absolute Gasteiger partial charge is 0.479 e. The summed E-state index contributed by atoms with van der Waals surface area (Å²) in [5, 5.41) is 8.43. The topological polar surface area (TPSA) is 78.9 Å². The highest BCUT2D eigenvalue weighted by atomic mass is 16.7. The molecule has 0 unspecified atom stereocenters. The summed E-state index contributed by atoms with van der Waals surface area (Å²) in [5.74, 6) is -0.0974. The Morgan fingerprint density at radius 1 is 1.11 bits per heavy atom. The standard InChI is InChI=1S/C13H26N2O4/c1-10(2)5-7-15(8-6-11(3)4)13(18)14-19-9-12(16)17/h10-11H,5-9H2,1-4H3,(H,14,18)(H,16,17). The minimum atomic E-state index is -1.11. The smallest absolute Gasteiger partial charge is 0.341 e. The molecular weight excluding hydrogens is 248 g/mol. The Bertz CT molecular complexity index is 268. The van der Waals surface area contributed by atoms with E-state index < -0.39 is 12.6 Å². The third-order valence-corrected chi connectivity index (χ3v) is 2.60. The molecule has 0 saturated heterocycles. The van der Waals surface area contributed by atoms with Gasteiger partial charge in [-0.05, 0) is 24.7 Å². The summed E-state index contributed by atoms with van der Waals surface area (Å²) in [4.78, 5) is 28.4. The van der Waals surface area contributed by atoms with Gasteiger partial charge in [-0.1, -0.05) is 27.7 Å². The van der Waals surface area contributed by atoms with Crippen LogP contribution in [0, 0.1) is 11.8 Å². The van der Waals surface area contributed by atoms with Gasteiger partial charge in [0.15, 0.2) is 6.61 Å². The maximum atomic E-state index is 11.8. The number of carboxylic acids is 1. The second kappa shape index (κ2) is 9.61. The average Bonchev–Trinajstić information content (AvgIpc) is 2.27. The zero-order valence-electron chi connectivity index (χ0n) is 12.3. The van der Waals surface area contributed by atoms with E-state index >= 15 is 0 Å². The summed E-state index contributed by atoms with van der Waals surface area (Å²) in [6, 6.07) is -0.373. The number of hydrogen-bond donors (Lipinski definition) is 2. The highest BCUT2D eigenvalue weighted by Gasteiger charge is 2.14. The molecule has 0 aromatic carbocycles. The van der Waals surface area contributed by atoms with Gasteiger partial charge in [0.2, 0.25) is 0 Å². The molecule has 0 bridgehead atoms. The van der Waals surface area contributed by atoms with Crippen molar-refractivity contribution in [3.63, 3.8) is 0 Å². The Balaban J connectivity index is 4.19. The SMILES string of the molecule is CC(C)CCN(CCC(C)C)C(=O)NOCC(=O)O. The Hall–Kier alpha value is -1.30. The van der Waals surface area contributed by atoms with Crippen molar-refractivity contribution in [3.8, 4) is 0 Å². The van der Waals surface area contributed by atoms with E-state index in [0.717, 1.165) is 12.8 Å². The molecule has 0 aliphatic rings. The molecule has 2 amide bonds. The minimum Gasteiger partial charge on any atom is -0.479 e. The van der Waals surface area contributed by atoms with Gasteiger partial charge >= 0.3 is 12.0 Å². The van der Waals surface area contributed by atoms with Crippen LogP contribution >= 0.6 is 0 Å². The van der Waals surface area contributed by atoms with Crippen LogP contribution in [0.25, 0.3) is 0 Å². The van der Waals surface area contributed by atoms with Gasteiger partial charge in [0, 0.05) is 13.1 Å². The summed E-state index contributed by atoms with van der Waals surface area (Å²) < 4.78 is 0. The molecule has 0 aliphatic carbocycles. The molecule has 0 rings (SSSR count). The van der Waals surface area contributed by atoms with Crippen molar-refractivity contribution in [3.05, 3.63) is 0 Å². The van der Waals surface area contributed by atoms with Crippen LogP contribution < -0.4 is 5.48 Å². The predicted octanol–water partition coefficient (Wildman–Crippen LogP) is 2.11. The lowest BCUT2D eigenvalue weighted by molar-refractivity contribution is -0.144. The van der Waals surface area contributed by atoms with Gasteiger partial charge in [0.1, 0.15) is 0 Å². The van der Waals surface area contributed by atoms with Crippen LogP contribution in [-0.4, -0.2) is 41.7 Å². The second-order valence-corrected chi connectivity index (χ2v) is 5.44. The van der Waals surface area contributed by atoms with E-state index in [-0.39, 0.29) is 6.03 Å². The van der Waals surface area contributed by atoms with Crippen LogP contribution in [-0.2, 0) is 9.63 Å². The molecule has 6 nitrogen and oxygen atoms in total. The van der Waals surface area contributed by atoms with Gasteiger partial charge < -0.3 is 10.0 Å². The van der Waals surface area contributed by atoms with Crippen molar-refractivity contribution in [1.82, 2.24) is 10.4 Å². The minimum absolute atomic E-state index is 0.373. The Morgan fingerprint density at radius 2 is 1.58 bits per heavy atom. The molecule has 0 spiro atoms. The van der Waals surface area contributed by atoms with Gasteiger partial charge in [-0.25, -0.2) is 15.1 Å². The van der Waals surface area contributed by atoms with Crippen molar-refractivity contribution in [2.24, 2.45) is 11.8 Å². The molecular formula is C13H26N2O4. The normalized spacial score (nSPS) is 10.8. The quantitative estimate of drug-likeness (QED) is 0.631. The van der Waals surface area contributed by atoms with Gasteiger partial charge in [-0.3, -0.25) is 4.84 Å². The summed E-state index contributed by atoms with van der Waals surface area (Å²) in [5.41, 5.74) is 2.17. The van der Waals surface area contributed by atoms with Crippen molar-refractivity contribution in [2.45, 2.75) is 40.5 Å². The van der Waals surface area contributed by atoms with Crippen LogP contribution in [0.3, 0.4) is 0 Å². The second-order valence-electron chi connectivity index (χ2n) is 5.44. The lowest BCUT2D eigenvalue weighted by atomic mass is 10.1. The fourth-order valence-corrected chi connectivity index (χ4v) is 1.37. The number of hydroxylamine groups is 1. The lowest BCUT2D eigenvalue weighted by Gasteiger charge is -2.24. The molecule has 0 aromatic heterocycles.